The molecule has 0 unspecified atom stereocenters. The van der Waals surface area contributed by atoms with Crippen LogP contribution in [0.15, 0.2) is 420 Å². The summed E-state index contributed by atoms with van der Waals surface area (Å²) in [6, 6.07) is 145. The van der Waals surface area contributed by atoms with Gasteiger partial charge in [-0.05, 0) is 204 Å². The zero-order chi connectivity index (χ0) is 70.9. The summed E-state index contributed by atoms with van der Waals surface area (Å²) in [6.07, 6.45) is 7.31. The standard InChI is InChI=1S/C56H40N2.C33H25N2.C11H8N.Ir/c1-3-17-47(18-4-1)57(51-37-29-45(30-38-51)55-23-11-15-43-13-7-9-21-53(43)55)49-33-25-41(26-34-49)42-27-35-50(36-28-42)58(48-19-5-2-6-20-48)52-39-31-46(32-40-52)56-24-12-16-44-14-8-10-22-54(44)56;1-3-25-11-17-30(18-12-25)35(31-19-13-26(4-2)14-20-31)32-21-15-27(16-22-32)28-8-7-9-29(24-28)33-10-5-6-23-34-33;1-2-6-10(7-3-1)11-8-4-5-9-12-11;/h1-40H;3-8,10-24H,1-2H2;1-6,8-9H;/q;2*-1;. The molecular formula is C100H73IrN5-2. The monoisotopic (exact) mass is 1540 g/mol. The van der Waals surface area contributed by atoms with E-state index in [9.17, 15) is 0 Å². The van der Waals surface area contributed by atoms with Gasteiger partial charge in [0.1, 0.15) is 0 Å². The summed E-state index contributed by atoms with van der Waals surface area (Å²) in [6.45, 7) is 7.75. The fourth-order valence-corrected chi connectivity index (χ4v) is 13.3. The molecule has 1 radical (unpaired) electrons. The Labute approximate surface area is 635 Å². The van der Waals surface area contributed by atoms with E-state index in [0.717, 1.165) is 96.0 Å². The van der Waals surface area contributed by atoms with E-state index in [4.69, 9.17) is 0 Å². The predicted molar refractivity (Wildman–Crippen MR) is 444 cm³/mol. The molecule has 17 rings (SSSR count). The first-order chi connectivity index (χ1) is 52.0. The zero-order valence-electron chi connectivity index (χ0n) is 58.3. The van der Waals surface area contributed by atoms with Crippen LogP contribution in [0, 0.1) is 12.1 Å². The molecule has 2 heterocycles. The van der Waals surface area contributed by atoms with E-state index in [-0.39, 0.29) is 20.1 Å². The normalized spacial score (nSPS) is 10.6. The maximum absolute atomic E-state index is 4.46. The minimum Gasteiger partial charge on any atom is -0.311 e. The van der Waals surface area contributed by atoms with Gasteiger partial charge in [-0.2, -0.15) is 0 Å². The van der Waals surface area contributed by atoms with Crippen LogP contribution in [-0.2, 0) is 20.1 Å². The van der Waals surface area contributed by atoms with Crippen molar-refractivity contribution in [3.8, 4) is 67.0 Å². The van der Waals surface area contributed by atoms with Crippen molar-refractivity contribution in [3.05, 3.63) is 443 Å². The molecule has 17 aromatic rings. The summed E-state index contributed by atoms with van der Waals surface area (Å²) in [4.78, 5) is 15.6. The zero-order valence-corrected chi connectivity index (χ0v) is 60.7. The number of anilines is 9. The molecular weight excluding hydrogens is 1460 g/mol. The van der Waals surface area contributed by atoms with Gasteiger partial charge in [0.15, 0.2) is 0 Å². The summed E-state index contributed by atoms with van der Waals surface area (Å²) in [5.41, 5.74) is 25.5. The predicted octanol–water partition coefficient (Wildman–Crippen LogP) is 27.5. The number of rotatable bonds is 17. The summed E-state index contributed by atoms with van der Waals surface area (Å²) < 4.78 is 0. The number of hydrogen-bond acceptors (Lipinski definition) is 5. The molecule has 0 spiro atoms. The third kappa shape index (κ3) is 16.1. The average Bonchev–Trinajstić information content (AvgIpc) is 0.813. The van der Waals surface area contributed by atoms with Crippen LogP contribution in [0.4, 0.5) is 51.2 Å². The molecule has 0 aliphatic heterocycles. The van der Waals surface area contributed by atoms with Gasteiger partial charge in [-0.25, -0.2) is 0 Å². The Balaban J connectivity index is 0.000000165. The first kappa shape index (κ1) is 69.7. The van der Waals surface area contributed by atoms with Crippen LogP contribution in [0.5, 0.6) is 0 Å². The molecule has 15 aromatic carbocycles. The molecule has 0 atom stereocenters. The van der Waals surface area contributed by atoms with E-state index >= 15 is 0 Å². The molecule has 0 saturated carbocycles. The van der Waals surface area contributed by atoms with Crippen LogP contribution < -0.4 is 14.7 Å². The van der Waals surface area contributed by atoms with E-state index in [0.29, 0.717) is 0 Å². The van der Waals surface area contributed by atoms with Crippen LogP contribution in [0.2, 0.25) is 0 Å². The minimum absolute atomic E-state index is 0. The fourth-order valence-electron chi connectivity index (χ4n) is 13.3. The number of para-hydroxylation sites is 2. The third-order valence-corrected chi connectivity index (χ3v) is 18.7. The van der Waals surface area contributed by atoms with Gasteiger partial charge in [-0.15, -0.1) is 71.3 Å². The first-order valence-corrected chi connectivity index (χ1v) is 35.2. The SMILES string of the molecule is C=Cc1ccc(N(c2ccc(C=C)cc2)c2ccc(-c3cc[c-]c(-c4ccccn4)c3)cc2)cc1.[Ir].[c-]1ccccc1-c1ccccn1.c1ccc(N(c2ccc(-c3ccc(N(c4ccccc4)c4ccc(-c5cccc6ccccc56)cc4)cc3)cc2)c2ccc(-c3cccc4ccccc34)cc2)cc1. The van der Waals surface area contributed by atoms with Gasteiger partial charge >= 0.3 is 0 Å². The molecule has 0 aliphatic rings. The second-order valence-corrected chi connectivity index (χ2v) is 25.3. The number of hydrogen-bond donors (Lipinski definition) is 0. The summed E-state index contributed by atoms with van der Waals surface area (Å²) in [5.74, 6) is 0. The van der Waals surface area contributed by atoms with Crippen LogP contribution in [0.3, 0.4) is 0 Å². The van der Waals surface area contributed by atoms with Crippen molar-refractivity contribution in [2.45, 2.75) is 0 Å². The number of benzene rings is 15. The molecule has 106 heavy (non-hydrogen) atoms. The van der Waals surface area contributed by atoms with Crippen LogP contribution >= 0.6 is 0 Å². The van der Waals surface area contributed by atoms with Crippen molar-refractivity contribution in [2.75, 3.05) is 14.7 Å². The Kier molecular flexibility index (Phi) is 22.1. The van der Waals surface area contributed by atoms with Crippen LogP contribution in [-0.4, -0.2) is 9.97 Å². The van der Waals surface area contributed by atoms with Crippen molar-refractivity contribution in [1.29, 1.82) is 0 Å². The van der Waals surface area contributed by atoms with Gasteiger partial charge in [-0.1, -0.05) is 256 Å². The van der Waals surface area contributed by atoms with Crippen molar-refractivity contribution < 1.29 is 20.1 Å². The maximum Gasteiger partial charge on any atom is 0.0462 e. The number of nitrogens with zero attached hydrogens (tertiary/aromatic N) is 5. The Bertz CT molecular complexity index is 5380. The van der Waals surface area contributed by atoms with Gasteiger partial charge < -0.3 is 24.7 Å². The minimum atomic E-state index is 0. The maximum atomic E-state index is 4.46. The van der Waals surface area contributed by atoms with Gasteiger partial charge in [-0.3, -0.25) is 0 Å². The van der Waals surface area contributed by atoms with Gasteiger partial charge in [0.25, 0.3) is 0 Å². The van der Waals surface area contributed by atoms with Gasteiger partial charge in [0, 0.05) is 83.7 Å². The molecule has 0 amide bonds. The second-order valence-electron chi connectivity index (χ2n) is 25.3. The van der Waals surface area contributed by atoms with Gasteiger partial charge in [0.2, 0.25) is 0 Å². The molecule has 0 bridgehead atoms. The average molecular weight is 1540 g/mol. The Morgan fingerprint density at radius 1 is 0.245 bits per heavy atom. The van der Waals surface area contributed by atoms with Crippen molar-refractivity contribution in [2.24, 2.45) is 0 Å². The quantitative estimate of drug-likeness (QED) is 0.0849. The summed E-state index contributed by atoms with van der Waals surface area (Å²) in [5, 5.41) is 5.03. The van der Waals surface area contributed by atoms with Crippen molar-refractivity contribution in [1.82, 2.24) is 9.97 Å². The van der Waals surface area contributed by atoms with E-state index in [2.05, 4.69) is 378 Å². The van der Waals surface area contributed by atoms with E-state index in [1.54, 1.807) is 6.20 Å². The van der Waals surface area contributed by atoms with Crippen LogP contribution in [0.25, 0.3) is 101 Å². The largest absolute Gasteiger partial charge is 0.311 e. The number of aromatic nitrogens is 2. The van der Waals surface area contributed by atoms with Gasteiger partial charge in [0.05, 0.1) is 0 Å². The summed E-state index contributed by atoms with van der Waals surface area (Å²) >= 11 is 0. The van der Waals surface area contributed by atoms with Crippen molar-refractivity contribution >= 4 is 84.9 Å². The second kappa shape index (κ2) is 33.6. The van der Waals surface area contributed by atoms with Crippen molar-refractivity contribution in [3.63, 3.8) is 0 Å². The fraction of sp³-hybridized carbons (Fsp3) is 0. The number of fused-ring (bicyclic) bond motifs is 2. The Hall–Kier alpha value is -13.4. The first-order valence-electron chi connectivity index (χ1n) is 35.2. The number of pyridine rings is 2. The molecule has 5 nitrogen and oxygen atoms in total. The summed E-state index contributed by atoms with van der Waals surface area (Å²) in [7, 11) is 0. The smallest absolute Gasteiger partial charge is 0.0462 e. The molecule has 0 saturated heterocycles. The van der Waals surface area contributed by atoms with E-state index in [1.807, 2.05) is 85.1 Å². The van der Waals surface area contributed by atoms with Crippen LogP contribution in [0.1, 0.15) is 11.1 Å². The molecule has 2 aromatic heterocycles. The molecule has 0 aliphatic carbocycles. The third-order valence-electron chi connectivity index (χ3n) is 18.7. The topological polar surface area (TPSA) is 35.5 Å². The Morgan fingerprint density at radius 3 is 0.943 bits per heavy atom. The molecule has 0 fully saturated rings. The molecule has 0 N–H and O–H groups in total. The molecule has 509 valence electrons. The van der Waals surface area contributed by atoms with E-state index in [1.165, 1.54) is 54.9 Å². The molecule has 6 heteroatoms. The van der Waals surface area contributed by atoms with E-state index < -0.39 is 0 Å². The Morgan fingerprint density at radius 2 is 0.566 bits per heavy atom.